The van der Waals surface area contributed by atoms with Gasteiger partial charge < -0.3 is 28.6 Å². The van der Waals surface area contributed by atoms with E-state index in [1.54, 1.807) is 69.3 Å². The first-order valence-electron chi connectivity index (χ1n) is 15.2. The first kappa shape index (κ1) is 33.9. The van der Waals surface area contributed by atoms with Crippen LogP contribution in [0.2, 0.25) is 0 Å². The molecule has 0 bridgehead atoms. The lowest BCUT2D eigenvalue weighted by molar-refractivity contribution is -0.143. The minimum Gasteiger partial charge on any atom is -0.490 e. The first-order valence-corrected chi connectivity index (χ1v) is 16.0. The lowest BCUT2D eigenvalue weighted by atomic mass is 9.95. The van der Waals surface area contributed by atoms with Crippen LogP contribution in [0.5, 0.6) is 11.5 Å². The normalized spacial score (nSPS) is 14.3. The van der Waals surface area contributed by atoms with Gasteiger partial charge in [-0.25, -0.2) is 19.4 Å². The third-order valence-corrected chi connectivity index (χ3v) is 8.79. The van der Waals surface area contributed by atoms with Gasteiger partial charge >= 0.3 is 17.9 Å². The van der Waals surface area contributed by atoms with Crippen LogP contribution in [0.1, 0.15) is 59.7 Å². The van der Waals surface area contributed by atoms with Crippen molar-refractivity contribution in [2.45, 2.75) is 40.7 Å². The van der Waals surface area contributed by atoms with Crippen LogP contribution < -0.4 is 24.4 Å². The van der Waals surface area contributed by atoms with Gasteiger partial charge in [0.1, 0.15) is 0 Å². The number of thiazole rings is 1. The monoisotopic (exact) mass is 673 g/mol. The number of carboxylic acid groups (broad SMARTS) is 1. The van der Waals surface area contributed by atoms with Gasteiger partial charge in [0.25, 0.3) is 5.56 Å². The zero-order valence-electron chi connectivity index (χ0n) is 27.4. The highest BCUT2D eigenvalue weighted by atomic mass is 32.1. The zero-order chi connectivity index (χ0) is 34.7. The number of allylic oxidation sites excluding steroid dienone is 1. The highest BCUT2D eigenvalue weighted by molar-refractivity contribution is 7.07. The van der Waals surface area contributed by atoms with E-state index >= 15 is 0 Å². The third-order valence-electron chi connectivity index (χ3n) is 7.80. The Morgan fingerprint density at radius 3 is 2.35 bits per heavy atom. The molecule has 1 N–H and O–H groups in total. The summed E-state index contributed by atoms with van der Waals surface area (Å²) in [5.74, 6) is -1.55. The molecule has 2 aromatic heterocycles. The van der Waals surface area contributed by atoms with E-state index in [-0.39, 0.29) is 29.9 Å². The van der Waals surface area contributed by atoms with E-state index in [4.69, 9.17) is 14.2 Å². The average Bonchev–Trinajstić information content (AvgIpc) is 3.52. The highest BCUT2D eigenvalue weighted by Gasteiger charge is 2.34. The minimum atomic E-state index is -1.00. The molecule has 0 aliphatic carbocycles. The first-order chi connectivity index (χ1) is 23.0. The summed E-state index contributed by atoms with van der Waals surface area (Å²) in [5.41, 5.74) is 4.35. The zero-order valence-corrected chi connectivity index (χ0v) is 28.2. The topological polar surface area (TPSA) is 148 Å². The lowest BCUT2D eigenvalue weighted by Crippen LogP contribution is -2.40. The van der Waals surface area contributed by atoms with Crippen LogP contribution in [0.25, 0.3) is 11.8 Å². The molecule has 0 radical (unpaired) electrons. The SMILES string of the molecule is CCOC(=O)C1=C(C)N=c2s/c(=C\c3cc(C)n(-c4ccc(C(=O)O)cc4)c3C)c(=O)n2[C@H]1c1ccc(OCC(=O)OC)c(OCC)c1. The van der Waals surface area contributed by atoms with Gasteiger partial charge in [-0.05, 0) is 94.3 Å². The van der Waals surface area contributed by atoms with Gasteiger partial charge in [-0.15, -0.1) is 0 Å². The molecule has 13 heteroatoms. The van der Waals surface area contributed by atoms with Crippen molar-refractivity contribution in [3.8, 4) is 17.2 Å². The number of carboxylic acids is 1. The summed E-state index contributed by atoms with van der Waals surface area (Å²) in [5, 5.41) is 9.29. The number of fused-ring (bicyclic) bond motifs is 1. The molecule has 0 unspecified atom stereocenters. The number of rotatable bonds is 11. The fraction of sp³-hybridized carbons (Fsp3) is 0.286. The maximum atomic E-state index is 14.2. The van der Waals surface area contributed by atoms with Crippen LogP contribution in [0.4, 0.5) is 0 Å². The van der Waals surface area contributed by atoms with Gasteiger partial charge in [0.15, 0.2) is 22.9 Å². The molecule has 3 heterocycles. The fourth-order valence-corrected chi connectivity index (χ4v) is 6.65. The molecule has 0 saturated heterocycles. The highest BCUT2D eigenvalue weighted by Crippen LogP contribution is 2.36. The number of hydrogen-bond donors (Lipinski definition) is 1. The van der Waals surface area contributed by atoms with Crippen molar-refractivity contribution in [2.24, 2.45) is 4.99 Å². The van der Waals surface area contributed by atoms with E-state index in [0.717, 1.165) is 22.6 Å². The summed E-state index contributed by atoms with van der Waals surface area (Å²) < 4.78 is 25.4. The van der Waals surface area contributed by atoms with Crippen LogP contribution >= 0.6 is 11.3 Å². The Morgan fingerprint density at radius 1 is 0.979 bits per heavy atom. The van der Waals surface area contributed by atoms with Crippen molar-refractivity contribution in [1.29, 1.82) is 0 Å². The van der Waals surface area contributed by atoms with Gasteiger partial charge in [0.05, 0.1) is 47.7 Å². The van der Waals surface area contributed by atoms with E-state index in [9.17, 15) is 24.3 Å². The molecule has 0 fully saturated rings. The van der Waals surface area contributed by atoms with Gasteiger partial charge in [-0.1, -0.05) is 17.4 Å². The maximum Gasteiger partial charge on any atom is 0.343 e. The van der Waals surface area contributed by atoms with Crippen LogP contribution in [0, 0.1) is 13.8 Å². The predicted octanol–water partition coefficient (Wildman–Crippen LogP) is 3.85. The van der Waals surface area contributed by atoms with Crippen molar-refractivity contribution < 1.29 is 38.4 Å². The molecule has 5 rings (SSSR count). The molecule has 4 aromatic rings. The second-order valence-electron chi connectivity index (χ2n) is 10.8. The van der Waals surface area contributed by atoms with Crippen LogP contribution in [-0.2, 0) is 19.1 Å². The number of aryl methyl sites for hydroxylation is 1. The number of esters is 2. The van der Waals surface area contributed by atoms with Gasteiger partial charge in [-0.3, -0.25) is 9.36 Å². The van der Waals surface area contributed by atoms with Gasteiger partial charge in [0, 0.05) is 17.1 Å². The van der Waals surface area contributed by atoms with Crippen molar-refractivity contribution in [2.75, 3.05) is 26.9 Å². The molecule has 48 heavy (non-hydrogen) atoms. The van der Waals surface area contributed by atoms with Crippen LogP contribution in [0.3, 0.4) is 0 Å². The van der Waals surface area contributed by atoms with E-state index in [2.05, 4.69) is 9.73 Å². The molecule has 0 saturated carbocycles. The summed E-state index contributed by atoms with van der Waals surface area (Å²) in [7, 11) is 1.26. The summed E-state index contributed by atoms with van der Waals surface area (Å²) in [6, 6.07) is 12.6. The maximum absolute atomic E-state index is 14.2. The number of aromatic carboxylic acids is 1. The number of nitrogens with zero attached hydrogens (tertiary/aromatic N) is 3. The average molecular weight is 674 g/mol. The molecule has 2 aromatic carbocycles. The summed E-state index contributed by atoms with van der Waals surface area (Å²) in [6.45, 7) is 9.16. The van der Waals surface area contributed by atoms with E-state index in [0.29, 0.717) is 38.7 Å². The summed E-state index contributed by atoms with van der Waals surface area (Å²) in [6.07, 6.45) is 1.80. The smallest absolute Gasteiger partial charge is 0.343 e. The molecule has 1 aliphatic rings. The molecular formula is C35H35N3O9S. The summed E-state index contributed by atoms with van der Waals surface area (Å²) in [4.78, 5) is 55.7. The Balaban J connectivity index is 1.64. The molecule has 0 spiro atoms. The molecule has 1 aliphatic heterocycles. The number of methoxy groups -OCH3 is 1. The fourth-order valence-electron chi connectivity index (χ4n) is 5.61. The second-order valence-corrected chi connectivity index (χ2v) is 11.8. The number of aromatic nitrogens is 2. The van der Waals surface area contributed by atoms with E-state index < -0.39 is 23.9 Å². The van der Waals surface area contributed by atoms with E-state index in [1.165, 1.54) is 23.0 Å². The molecule has 1 atom stereocenters. The Hall–Kier alpha value is -5.43. The van der Waals surface area contributed by atoms with Crippen molar-refractivity contribution >= 4 is 35.3 Å². The molecule has 250 valence electrons. The second kappa shape index (κ2) is 14.1. The Bertz CT molecular complexity index is 2120. The van der Waals surface area contributed by atoms with Crippen LogP contribution in [-0.4, -0.2) is 59.1 Å². The standard InChI is InChI=1S/C35H35N3O9S/c1-7-45-27-16-23(11-14-26(27)47-18-29(39)44-6)31-30(34(43)46-8-2)20(4)36-35-38(31)32(40)28(48-35)17-24-15-19(3)37(21(24)5)25-12-9-22(10-13-25)33(41)42/h9-17,31H,7-8,18H2,1-6H3,(H,41,42)/b28-17-/t31-/m0/s1. The molecular weight excluding hydrogens is 638 g/mol. The largest absolute Gasteiger partial charge is 0.490 e. The Labute approximate surface area is 279 Å². The van der Waals surface area contributed by atoms with E-state index in [1.807, 2.05) is 24.5 Å². The van der Waals surface area contributed by atoms with Gasteiger partial charge in [-0.2, -0.15) is 0 Å². The molecule has 0 amide bonds. The number of hydrogen-bond acceptors (Lipinski definition) is 10. The quantitative estimate of drug-likeness (QED) is 0.235. The Morgan fingerprint density at radius 2 is 1.71 bits per heavy atom. The van der Waals surface area contributed by atoms with Crippen molar-refractivity contribution in [3.05, 3.63) is 108 Å². The third kappa shape index (κ3) is 6.54. The van der Waals surface area contributed by atoms with Crippen LogP contribution in [0.15, 0.2) is 69.6 Å². The number of carbonyl (C=O) groups excluding carboxylic acids is 2. The van der Waals surface area contributed by atoms with Gasteiger partial charge in [0.2, 0.25) is 0 Å². The van der Waals surface area contributed by atoms with Crippen molar-refractivity contribution in [3.63, 3.8) is 0 Å². The minimum absolute atomic E-state index is 0.131. The predicted molar refractivity (Wildman–Crippen MR) is 178 cm³/mol. The number of ether oxygens (including phenoxy) is 4. The number of benzene rings is 2. The number of carbonyl (C=O) groups is 3. The Kier molecular flexibility index (Phi) is 9.99. The van der Waals surface area contributed by atoms with Crippen molar-refractivity contribution in [1.82, 2.24) is 9.13 Å². The lowest BCUT2D eigenvalue weighted by Gasteiger charge is -2.25. The molecule has 12 nitrogen and oxygen atoms in total. The summed E-state index contributed by atoms with van der Waals surface area (Å²) >= 11 is 1.20.